The van der Waals surface area contributed by atoms with E-state index in [1.165, 1.54) is 4.90 Å². The van der Waals surface area contributed by atoms with Crippen LogP contribution in [0.4, 0.5) is 5.69 Å². The molecule has 1 atom stereocenters. The van der Waals surface area contributed by atoms with Crippen molar-refractivity contribution in [3.63, 3.8) is 0 Å². The number of nitrogens with zero attached hydrogens (tertiary/aromatic N) is 2. The molecule has 2 rings (SSSR count). The Balaban J connectivity index is 2.38. The van der Waals surface area contributed by atoms with Crippen LogP contribution < -0.4 is 9.62 Å². The monoisotopic (exact) mass is 507 g/mol. The van der Waals surface area contributed by atoms with Gasteiger partial charge in [-0.15, -0.1) is 0 Å². The first-order valence-electron chi connectivity index (χ1n) is 11.1. The maximum absolute atomic E-state index is 13.5. The van der Waals surface area contributed by atoms with Crippen molar-refractivity contribution in [2.24, 2.45) is 0 Å². The van der Waals surface area contributed by atoms with Gasteiger partial charge < -0.3 is 10.2 Å². The van der Waals surface area contributed by atoms with Gasteiger partial charge in [-0.05, 0) is 69.5 Å². The Morgan fingerprint density at radius 2 is 1.53 bits per heavy atom. The average Bonchev–Trinajstić information content (AvgIpc) is 2.74. The van der Waals surface area contributed by atoms with Crippen LogP contribution >= 0.6 is 11.6 Å². The highest BCUT2D eigenvalue weighted by molar-refractivity contribution is 7.92. The van der Waals surface area contributed by atoms with Crippen LogP contribution in [0.1, 0.15) is 45.7 Å². The number of benzene rings is 2. The maximum Gasteiger partial charge on any atom is 0.244 e. The van der Waals surface area contributed by atoms with E-state index in [1.807, 2.05) is 39.8 Å². The topological polar surface area (TPSA) is 86.8 Å². The maximum atomic E-state index is 13.5. The molecular weight excluding hydrogens is 474 g/mol. The first-order valence-corrected chi connectivity index (χ1v) is 13.4. The van der Waals surface area contributed by atoms with Crippen LogP contribution in [0.2, 0.25) is 5.02 Å². The number of carbonyl (C=O) groups excluding carboxylic acids is 2. The van der Waals surface area contributed by atoms with Gasteiger partial charge in [-0.3, -0.25) is 13.9 Å². The lowest BCUT2D eigenvalue weighted by molar-refractivity contribution is -0.140. The molecule has 186 valence electrons. The zero-order valence-electron chi connectivity index (χ0n) is 20.6. The summed E-state index contributed by atoms with van der Waals surface area (Å²) >= 11 is 5.99. The molecule has 34 heavy (non-hydrogen) atoms. The van der Waals surface area contributed by atoms with E-state index in [2.05, 4.69) is 5.32 Å². The van der Waals surface area contributed by atoms with Crippen molar-refractivity contribution in [3.8, 4) is 0 Å². The number of aryl methyl sites for hydroxylation is 1. The minimum absolute atomic E-state index is 0.126. The molecule has 0 heterocycles. The molecule has 0 unspecified atom stereocenters. The number of carbonyl (C=O) groups is 2. The van der Waals surface area contributed by atoms with Gasteiger partial charge in [0.2, 0.25) is 21.8 Å². The summed E-state index contributed by atoms with van der Waals surface area (Å²) in [6.07, 6.45) is 1.88. The highest BCUT2D eigenvalue weighted by Crippen LogP contribution is 2.20. The number of amides is 2. The smallest absolute Gasteiger partial charge is 0.244 e. The molecule has 0 saturated heterocycles. The van der Waals surface area contributed by atoms with Crippen molar-refractivity contribution < 1.29 is 18.0 Å². The third kappa shape index (κ3) is 8.02. The molecule has 2 aromatic carbocycles. The third-order valence-electron chi connectivity index (χ3n) is 5.24. The van der Waals surface area contributed by atoms with Crippen molar-refractivity contribution in [1.29, 1.82) is 0 Å². The number of sulfonamides is 1. The van der Waals surface area contributed by atoms with Crippen molar-refractivity contribution in [2.75, 3.05) is 17.1 Å². The van der Waals surface area contributed by atoms with E-state index in [-0.39, 0.29) is 12.5 Å². The first-order chi connectivity index (χ1) is 15.7. The molecule has 0 spiro atoms. The zero-order chi connectivity index (χ0) is 25.7. The molecule has 0 radical (unpaired) electrons. The fourth-order valence-electron chi connectivity index (χ4n) is 3.35. The number of hydrogen-bond donors (Lipinski definition) is 1. The molecule has 0 aromatic heterocycles. The van der Waals surface area contributed by atoms with E-state index in [9.17, 15) is 18.0 Å². The van der Waals surface area contributed by atoms with E-state index < -0.39 is 34.1 Å². The van der Waals surface area contributed by atoms with Crippen LogP contribution in [0, 0.1) is 0 Å². The van der Waals surface area contributed by atoms with E-state index >= 15 is 0 Å². The molecule has 0 aliphatic rings. The Kier molecular flexibility index (Phi) is 9.14. The Labute approximate surface area is 208 Å². The lowest BCUT2D eigenvalue weighted by atomic mass is 10.1. The van der Waals surface area contributed by atoms with Gasteiger partial charge in [-0.2, -0.15) is 0 Å². The number of rotatable bonds is 9. The second-order valence-corrected chi connectivity index (χ2v) is 11.7. The lowest BCUT2D eigenvalue weighted by Crippen LogP contribution is -2.54. The standard InChI is InChI=1S/C25H34ClN3O4S/c1-7-19-10-14-22(15-11-19)29(34(6,32)33)17-23(30)28(16-20-8-12-21(26)13-9-20)18(2)24(31)27-25(3,4)5/h8-15,18H,7,16-17H2,1-6H3,(H,27,31)/t18-/m1/s1. The van der Waals surface area contributed by atoms with Crippen LogP contribution in [-0.2, 0) is 32.6 Å². The average molecular weight is 508 g/mol. The van der Waals surface area contributed by atoms with Crippen LogP contribution in [0.15, 0.2) is 48.5 Å². The van der Waals surface area contributed by atoms with Gasteiger partial charge >= 0.3 is 0 Å². The van der Waals surface area contributed by atoms with E-state index in [0.717, 1.165) is 28.1 Å². The van der Waals surface area contributed by atoms with Gasteiger partial charge in [0.15, 0.2) is 0 Å². The summed E-state index contributed by atoms with van der Waals surface area (Å²) in [4.78, 5) is 27.8. The number of nitrogens with one attached hydrogen (secondary N) is 1. The van der Waals surface area contributed by atoms with Gasteiger partial charge in [-0.1, -0.05) is 42.8 Å². The van der Waals surface area contributed by atoms with Gasteiger partial charge in [0.05, 0.1) is 11.9 Å². The zero-order valence-corrected chi connectivity index (χ0v) is 22.2. The van der Waals surface area contributed by atoms with Crippen molar-refractivity contribution in [2.45, 2.75) is 59.2 Å². The molecular formula is C25H34ClN3O4S. The van der Waals surface area contributed by atoms with E-state index in [4.69, 9.17) is 11.6 Å². The Hall–Kier alpha value is -2.58. The second kappa shape index (κ2) is 11.2. The van der Waals surface area contributed by atoms with Crippen molar-refractivity contribution in [1.82, 2.24) is 10.2 Å². The molecule has 9 heteroatoms. The minimum Gasteiger partial charge on any atom is -0.350 e. The highest BCUT2D eigenvalue weighted by atomic mass is 35.5. The third-order valence-corrected chi connectivity index (χ3v) is 6.64. The quantitative estimate of drug-likeness (QED) is 0.555. The van der Waals surface area contributed by atoms with Gasteiger partial charge in [-0.25, -0.2) is 8.42 Å². The van der Waals surface area contributed by atoms with E-state index in [0.29, 0.717) is 10.7 Å². The van der Waals surface area contributed by atoms with Gasteiger partial charge in [0, 0.05) is 17.1 Å². The molecule has 0 aliphatic carbocycles. The molecule has 0 aliphatic heterocycles. The van der Waals surface area contributed by atoms with Gasteiger partial charge in [0.1, 0.15) is 12.6 Å². The molecule has 0 fully saturated rings. The molecule has 2 amide bonds. The SMILES string of the molecule is CCc1ccc(N(CC(=O)N(Cc2ccc(Cl)cc2)[C@H](C)C(=O)NC(C)(C)C)S(C)(=O)=O)cc1. The Morgan fingerprint density at radius 1 is 1.00 bits per heavy atom. The summed E-state index contributed by atoms with van der Waals surface area (Å²) in [5.41, 5.74) is 1.73. The predicted molar refractivity (Wildman–Crippen MR) is 137 cm³/mol. The summed E-state index contributed by atoms with van der Waals surface area (Å²) < 4.78 is 26.3. The van der Waals surface area contributed by atoms with Crippen molar-refractivity contribution in [3.05, 3.63) is 64.7 Å². The molecule has 0 saturated carbocycles. The molecule has 1 N–H and O–H groups in total. The predicted octanol–water partition coefficient (Wildman–Crippen LogP) is 4.00. The van der Waals surface area contributed by atoms with Crippen LogP contribution in [0.3, 0.4) is 0 Å². The highest BCUT2D eigenvalue weighted by Gasteiger charge is 2.31. The summed E-state index contributed by atoms with van der Waals surface area (Å²) in [6, 6.07) is 13.2. The van der Waals surface area contributed by atoms with Gasteiger partial charge in [0.25, 0.3) is 0 Å². The summed E-state index contributed by atoms with van der Waals surface area (Å²) in [5, 5.41) is 3.45. The minimum atomic E-state index is -3.75. The molecule has 7 nitrogen and oxygen atoms in total. The lowest BCUT2D eigenvalue weighted by Gasteiger charge is -2.33. The first kappa shape index (κ1) is 27.7. The van der Waals surface area contributed by atoms with Crippen molar-refractivity contribution >= 4 is 39.1 Å². The summed E-state index contributed by atoms with van der Waals surface area (Å²) in [6.45, 7) is 8.91. The largest absolute Gasteiger partial charge is 0.350 e. The second-order valence-electron chi connectivity index (χ2n) is 9.35. The van der Waals surface area contributed by atoms with Crippen LogP contribution in [-0.4, -0.2) is 49.5 Å². The number of halogens is 1. The van der Waals surface area contributed by atoms with Crippen LogP contribution in [0.25, 0.3) is 0 Å². The Bertz CT molecular complexity index is 1090. The molecule has 2 aromatic rings. The fourth-order valence-corrected chi connectivity index (χ4v) is 4.33. The number of hydrogen-bond acceptors (Lipinski definition) is 4. The molecule has 0 bridgehead atoms. The fraction of sp³-hybridized carbons (Fsp3) is 0.440. The van der Waals surface area contributed by atoms with E-state index in [1.54, 1.807) is 43.3 Å². The summed E-state index contributed by atoms with van der Waals surface area (Å²) in [5.74, 6) is -0.815. The number of anilines is 1. The van der Waals surface area contributed by atoms with Crippen LogP contribution in [0.5, 0.6) is 0 Å². The Morgan fingerprint density at radius 3 is 2.00 bits per heavy atom. The summed E-state index contributed by atoms with van der Waals surface area (Å²) in [7, 11) is -3.75. The normalized spacial score (nSPS) is 12.7.